The molecule has 8 rings (SSSR count). The van der Waals surface area contributed by atoms with Crippen molar-refractivity contribution in [2.24, 2.45) is 0 Å². The van der Waals surface area contributed by atoms with Gasteiger partial charge in [-0.25, -0.2) is 0 Å². The number of furan rings is 1. The molecule has 0 fully saturated rings. The van der Waals surface area contributed by atoms with E-state index in [4.69, 9.17) is 4.42 Å². The van der Waals surface area contributed by atoms with E-state index in [9.17, 15) is 0 Å². The van der Waals surface area contributed by atoms with Crippen LogP contribution < -0.4 is 4.90 Å². The van der Waals surface area contributed by atoms with Gasteiger partial charge in [0.1, 0.15) is 11.3 Å². The average molecular weight is 590 g/mol. The minimum Gasteiger partial charge on any atom is -0.456 e. The third-order valence-electron chi connectivity index (χ3n) is 8.48. The predicted octanol–water partition coefficient (Wildman–Crippen LogP) is 12.6. The van der Waals surface area contributed by atoms with Crippen molar-refractivity contribution in [1.82, 2.24) is 0 Å². The van der Waals surface area contributed by atoms with Crippen LogP contribution in [-0.4, -0.2) is 0 Å². The lowest BCUT2D eigenvalue weighted by atomic mass is 10.0. The second-order valence-corrected chi connectivity index (χ2v) is 11.4. The fraction of sp³-hybridized carbons (Fsp3) is 0. The van der Waals surface area contributed by atoms with E-state index >= 15 is 0 Å². The Hall–Kier alpha value is -6.12. The molecule has 7 aromatic carbocycles. The second kappa shape index (κ2) is 12.1. The summed E-state index contributed by atoms with van der Waals surface area (Å²) in [7, 11) is 0. The predicted molar refractivity (Wildman–Crippen MR) is 193 cm³/mol. The molecule has 0 saturated heterocycles. The minimum atomic E-state index is 0.878. The summed E-state index contributed by atoms with van der Waals surface area (Å²) >= 11 is 0. The lowest BCUT2D eigenvalue weighted by Gasteiger charge is -2.26. The summed E-state index contributed by atoms with van der Waals surface area (Å²) in [6.45, 7) is 0. The lowest BCUT2D eigenvalue weighted by Crippen LogP contribution is -2.10. The summed E-state index contributed by atoms with van der Waals surface area (Å²) in [6.07, 6.45) is 0. The maximum Gasteiger partial charge on any atom is 0.135 e. The van der Waals surface area contributed by atoms with E-state index in [-0.39, 0.29) is 0 Å². The van der Waals surface area contributed by atoms with Gasteiger partial charge < -0.3 is 9.32 Å². The van der Waals surface area contributed by atoms with E-state index in [1.54, 1.807) is 0 Å². The Balaban J connectivity index is 1.16. The van der Waals surface area contributed by atoms with Crippen molar-refractivity contribution in [3.63, 3.8) is 0 Å². The average Bonchev–Trinajstić information content (AvgIpc) is 3.58. The fourth-order valence-electron chi connectivity index (χ4n) is 6.12. The van der Waals surface area contributed by atoms with E-state index in [2.05, 4.69) is 175 Å². The van der Waals surface area contributed by atoms with E-state index in [1.165, 1.54) is 22.3 Å². The van der Waals surface area contributed by atoms with Crippen LogP contribution in [0.25, 0.3) is 55.7 Å². The smallest absolute Gasteiger partial charge is 0.135 e. The summed E-state index contributed by atoms with van der Waals surface area (Å²) in [6, 6.07) is 66.3. The van der Waals surface area contributed by atoms with Gasteiger partial charge in [0.15, 0.2) is 0 Å². The third-order valence-corrected chi connectivity index (χ3v) is 8.48. The van der Waals surface area contributed by atoms with Gasteiger partial charge in [0.2, 0.25) is 0 Å². The van der Waals surface area contributed by atoms with Gasteiger partial charge in [0, 0.05) is 28.0 Å². The van der Waals surface area contributed by atoms with Crippen LogP contribution in [0.3, 0.4) is 0 Å². The molecule has 1 aromatic heterocycles. The van der Waals surface area contributed by atoms with E-state index in [0.717, 1.165) is 50.5 Å². The molecule has 0 aliphatic carbocycles. The highest BCUT2D eigenvalue weighted by molar-refractivity contribution is 5.85. The molecular weight excluding hydrogens is 558 g/mol. The molecule has 0 unspecified atom stereocenters. The molecule has 8 aromatic rings. The second-order valence-electron chi connectivity index (χ2n) is 11.4. The highest BCUT2D eigenvalue weighted by Crippen LogP contribution is 2.39. The first kappa shape index (κ1) is 27.4. The topological polar surface area (TPSA) is 16.4 Å². The number of rotatable bonds is 7. The van der Waals surface area contributed by atoms with Crippen molar-refractivity contribution >= 4 is 28.0 Å². The van der Waals surface area contributed by atoms with Gasteiger partial charge in [-0.3, -0.25) is 0 Å². The molecule has 0 saturated carbocycles. The molecule has 2 heteroatoms. The Bertz CT molecular complexity index is 2200. The number of hydrogen-bond acceptors (Lipinski definition) is 2. The first-order chi connectivity index (χ1) is 22.8. The number of hydrogen-bond donors (Lipinski definition) is 0. The molecule has 2 nitrogen and oxygen atoms in total. The van der Waals surface area contributed by atoms with Gasteiger partial charge in [-0.05, 0) is 88.0 Å². The maximum atomic E-state index is 6.16. The summed E-state index contributed by atoms with van der Waals surface area (Å²) in [5, 5.41) is 1.11. The highest BCUT2D eigenvalue weighted by atomic mass is 16.3. The summed E-state index contributed by atoms with van der Waals surface area (Å²) in [4.78, 5) is 2.33. The van der Waals surface area contributed by atoms with Gasteiger partial charge >= 0.3 is 0 Å². The van der Waals surface area contributed by atoms with Crippen molar-refractivity contribution < 1.29 is 4.42 Å². The van der Waals surface area contributed by atoms with Crippen molar-refractivity contribution in [3.8, 4) is 44.7 Å². The molecule has 0 amide bonds. The van der Waals surface area contributed by atoms with Crippen LogP contribution in [0, 0.1) is 0 Å². The van der Waals surface area contributed by atoms with Crippen LogP contribution >= 0.6 is 0 Å². The lowest BCUT2D eigenvalue weighted by molar-refractivity contribution is 0.631. The summed E-state index contributed by atoms with van der Waals surface area (Å²) in [5.74, 6) is 0.878. The van der Waals surface area contributed by atoms with Gasteiger partial charge in [0.05, 0.1) is 0 Å². The number of benzene rings is 7. The van der Waals surface area contributed by atoms with Crippen LogP contribution in [0.1, 0.15) is 0 Å². The van der Waals surface area contributed by atoms with Gasteiger partial charge in [-0.15, -0.1) is 0 Å². The van der Waals surface area contributed by atoms with Crippen LogP contribution in [0.5, 0.6) is 0 Å². The molecular formula is C44H31NO. The maximum absolute atomic E-state index is 6.16. The third kappa shape index (κ3) is 5.49. The molecule has 218 valence electrons. The molecule has 0 aliphatic heterocycles. The molecule has 0 spiro atoms. The Labute approximate surface area is 269 Å². The van der Waals surface area contributed by atoms with Crippen LogP contribution in [0.2, 0.25) is 0 Å². The monoisotopic (exact) mass is 589 g/mol. The van der Waals surface area contributed by atoms with Crippen molar-refractivity contribution in [2.75, 3.05) is 4.90 Å². The minimum absolute atomic E-state index is 0.878. The van der Waals surface area contributed by atoms with Gasteiger partial charge in [0.25, 0.3) is 0 Å². The zero-order valence-corrected chi connectivity index (χ0v) is 25.3. The molecule has 0 radical (unpaired) electrons. The molecule has 1 heterocycles. The number of anilines is 3. The summed E-state index contributed by atoms with van der Waals surface area (Å²) in [5.41, 5.74) is 12.4. The van der Waals surface area contributed by atoms with E-state index < -0.39 is 0 Å². The molecule has 0 bridgehead atoms. The quantitative estimate of drug-likeness (QED) is 0.184. The molecule has 0 N–H and O–H groups in total. The van der Waals surface area contributed by atoms with Gasteiger partial charge in [-0.1, -0.05) is 133 Å². The van der Waals surface area contributed by atoms with Crippen LogP contribution in [0.15, 0.2) is 192 Å². The normalized spacial score (nSPS) is 11.0. The highest BCUT2D eigenvalue weighted by Gasteiger charge is 2.15. The molecule has 0 aliphatic rings. The largest absolute Gasteiger partial charge is 0.456 e. The number of nitrogens with zero attached hydrogens (tertiary/aromatic N) is 1. The zero-order chi connectivity index (χ0) is 30.7. The Kier molecular flexibility index (Phi) is 7.22. The molecule has 46 heavy (non-hydrogen) atoms. The molecule has 0 atom stereocenters. The Morgan fingerprint density at radius 1 is 0.304 bits per heavy atom. The van der Waals surface area contributed by atoms with Crippen molar-refractivity contribution in [3.05, 3.63) is 188 Å². The SMILES string of the molecule is c1ccc(-c2ccc(N(c3ccc(-c4cccc(-c5cc6ccccc6o5)c4)cc3)c3cccc(-c4ccccc4)c3)cc2)cc1. The summed E-state index contributed by atoms with van der Waals surface area (Å²) < 4.78 is 6.16. The van der Waals surface area contributed by atoms with Crippen molar-refractivity contribution in [2.45, 2.75) is 0 Å². The van der Waals surface area contributed by atoms with Gasteiger partial charge in [-0.2, -0.15) is 0 Å². The standard InChI is InChI=1S/C44H31NO/c1-3-11-32(12-4-1)34-21-25-40(26-22-34)45(42-19-10-17-37(30-42)33-13-5-2-6-14-33)41-27-23-35(24-28-41)36-16-9-18-38(29-36)44-31-39-15-7-8-20-43(39)46-44/h1-31H. The fourth-order valence-corrected chi connectivity index (χ4v) is 6.12. The number of fused-ring (bicyclic) bond motifs is 1. The zero-order valence-electron chi connectivity index (χ0n) is 25.3. The Morgan fingerprint density at radius 2 is 0.783 bits per heavy atom. The first-order valence-electron chi connectivity index (χ1n) is 15.6. The Morgan fingerprint density at radius 3 is 1.43 bits per heavy atom. The van der Waals surface area contributed by atoms with Crippen molar-refractivity contribution in [1.29, 1.82) is 0 Å². The van der Waals surface area contributed by atoms with Crippen LogP contribution in [0.4, 0.5) is 17.1 Å². The van der Waals surface area contributed by atoms with Crippen LogP contribution in [-0.2, 0) is 0 Å². The number of para-hydroxylation sites is 1. The van der Waals surface area contributed by atoms with E-state index in [1.807, 2.05) is 18.2 Å². The first-order valence-corrected chi connectivity index (χ1v) is 15.6. The van der Waals surface area contributed by atoms with E-state index in [0.29, 0.717) is 0 Å².